The van der Waals surface area contributed by atoms with Crippen molar-refractivity contribution in [2.75, 3.05) is 26.8 Å². The number of pyridine rings is 1. The number of aliphatic hydroxyl groups excluding tert-OH is 1. The highest BCUT2D eigenvalue weighted by Crippen LogP contribution is 2.22. The van der Waals surface area contributed by atoms with Gasteiger partial charge in [-0.25, -0.2) is 4.68 Å². The summed E-state index contributed by atoms with van der Waals surface area (Å²) in [6, 6.07) is 10.4. The molecule has 1 fully saturated rings. The molecular formula is C19H25N6O2+. The molecule has 1 aromatic carbocycles. The summed E-state index contributed by atoms with van der Waals surface area (Å²) in [7, 11) is 1.68. The average molecular weight is 369 g/mol. The molecule has 1 saturated heterocycles. The van der Waals surface area contributed by atoms with Gasteiger partial charge in [0.05, 0.1) is 37.9 Å². The van der Waals surface area contributed by atoms with Crippen LogP contribution in [-0.2, 0) is 11.3 Å². The number of rotatable bonds is 6. The van der Waals surface area contributed by atoms with Crippen LogP contribution in [-0.4, -0.2) is 63.2 Å². The molecule has 1 aliphatic heterocycles. The Morgan fingerprint density at radius 2 is 2.15 bits per heavy atom. The maximum absolute atomic E-state index is 9.94. The SMILES string of the molecule is COCCn1nnnc1[C@@H](c1ccc2ncccc2c1)[NH+]1CCC(O)CC1. The molecular weight excluding hydrogens is 344 g/mol. The molecule has 0 spiro atoms. The monoisotopic (exact) mass is 369 g/mol. The number of benzene rings is 1. The van der Waals surface area contributed by atoms with Crippen molar-refractivity contribution in [2.45, 2.75) is 31.5 Å². The molecule has 0 aliphatic carbocycles. The number of likely N-dealkylation sites (tertiary alicyclic amines) is 1. The van der Waals surface area contributed by atoms with Crippen LogP contribution in [0, 0.1) is 0 Å². The lowest BCUT2D eigenvalue weighted by Crippen LogP contribution is -3.13. The predicted molar refractivity (Wildman–Crippen MR) is 99.2 cm³/mol. The second-order valence-electron chi connectivity index (χ2n) is 7.03. The van der Waals surface area contributed by atoms with E-state index in [2.05, 4.69) is 44.8 Å². The van der Waals surface area contributed by atoms with Gasteiger partial charge >= 0.3 is 0 Å². The van der Waals surface area contributed by atoms with Crippen molar-refractivity contribution in [1.29, 1.82) is 0 Å². The smallest absolute Gasteiger partial charge is 0.214 e. The Labute approximate surface area is 157 Å². The Kier molecular flexibility index (Phi) is 5.38. The summed E-state index contributed by atoms with van der Waals surface area (Å²) in [5.74, 6) is 0.835. The van der Waals surface area contributed by atoms with Crippen molar-refractivity contribution in [3.8, 4) is 0 Å². The van der Waals surface area contributed by atoms with Gasteiger partial charge in [0, 0.05) is 37.1 Å². The van der Waals surface area contributed by atoms with E-state index in [1.54, 1.807) is 7.11 Å². The molecule has 8 heteroatoms. The number of hydrogen-bond donors (Lipinski definition) is 2. The third-order valence-electron chi connectivity index (χ3n) is 5.29. The van der Waals surface area contributed by atoms with Gasteiger partial charge in [0.15, 0.2) is 6.04 Å². The lowest BCUT2D eigenvalue weighted by atomic mass is 9.98. The summed E-state index contributed by atoms with van der Waals surface area (Å²) in [4.78, 5) is 5.80. The fraction of sp³-hybridized carbons (Fsp3) is 0.474. The van der Waals surface area contributed by atoms with E-state index in [-0.39, 0.29) is 12.1 Å². The predicted octanol–water partition coefficient (Wildman–Crippen LogP) is -0.00330. The fourth-order valence-corrected chi connectivity index (χ4v) is 3.86. The lowest BCUT2D eigenvalue weighted by Gasteiger charge is -2.32. The van der Waals surface area contributed by atoms with Crippen molar-refractivity contribution in [1.82, 2.24) is 25.2 Å². The van der Waals surface area contributed by atoms with E-state index < -0.39 is 0 Å². The van der Waals surface area contributed by atoms with Crippen molar-refractivity contribution in [3.63, 3.8) is 0 Å². The molecule has 0 saturated carbocycles. The molecule has 0 bridgehead atoms. The van der Waals surface area contributed by atoms with Crippen LogP contribution >= 0.6 is 0 Å². The second kappa shape index (κ2) is 8.08. The quantitative estimate of drug-likeness (QED) is 0.636. The number of fused-ring (bicyclic) bond motifs is 1. The van der Waals surface area contributed by atoms with E-state index >= 15 is 0 Å². The number of ether oxygens (including phenoxy) is 1. The number of nitrogens with one attached hydrogen (secondary N) is 1. The van der Waals surface area contributed by atoms with Crippen LogP contribution < -0.4 is 4.90 Å². The number of methoxy groups -OCH3 is 1. The highest BCUT2D eigenvalue weighted by Gasteiger charge is 2.34. The van der Waals surface area contributed by atoms with Crippen LogP contribution in [0.4, 0.5) is 0 Å². The van der Waals surface area contributed by atoms with Gasteiger partial charge in [-0.05, 0) is 28.6 Å². The zero-order chi connectivity index (χ0) is 18.6. The first-order valence-corrected chi connectivity index (χ1v) is 9.38. The standard InChI is InChI=1S/C19H24N6O2/c1-27-12-11-25-19(21-22-23-25)18(24-9-6-16(26)7-10-24)15-4-5-17-14(13-15)3-2-8-20-17/h2-5,8,13,16,18,26H,6-7,9-12H2,1H3/p+1/t18-/m1/s1. The van der Waals surface area contributed by atoms with E-state index in [4.69, 9.17) is 4.74 Å². The van der Waals surface area contributed by atoms with Gasteiger partial charge in [-0.15, -0.1) is 5.10 Å². The summed E-state index contributed by atoms with van der Waals surface area (Å²) >= 11 is 0. The minimum absolute atomic E-state index is 0.00830. The van der Waals surface area contributed by atoms with Gasteiger partial charge in [-0.2, -0.15) is 0 Å². The highest BCUT2D eigenvalue weighted by molar-refractivity contribution is 5.79. The molecule has 3 aromatic rings. The van der Waals surface area contributed by atoms with Gasteiger partial charge in [-0.1, -0.05) is 12.1 Å². The number of quaternary nitrogens is 1. The number of tetrazole rings is 1. The normalized spacial score (nSPS) is 21.4. The van der Waals surface area contributed by atoms with Gasteiger partial charge in [0.2, 0.25) is 5.82 Å². The highest BCUT2D eigenvalue weighted by atomic mass is 16.5. The topological polar surface area (TPSA) is 90.4 Å². The van der Waals surface area contributed by atoms with Crippen LogP contribution in [0.25, 0.3) is 10.9 Å². The number of aromatic nitrogens is 5. The average Bonchev–Trinajstić information content (AvgIpc) is 3.16. The molecule has 27 heavy (non-hydrogen) atoms. The minimum Gasteiger partial charge on any atom is -0.393 e. The van der Waals surface area contributed by atoms with Crippen LogP contribution in [0.5, 0.6) is 0 Å². The third-order valence-corrected chi connectivity index (χ3v) is 5.29. The Morgan fingerprint density at radius 3 is 2.96 bits per heavy atom. The molecule has 0 unspecified atom stereocenters. The maximum atomic E-state index is 9.94. The van der Waals surface area contributed by atoms with Crippen molar-refractivity contribution >= 4 is 10.9 Å². The lowest BCUT2D eigenvalue weighted by molar-refractivity contribution is -0.932. The summed E-state index contributed by atoms with van der Waals surface area (Å²) in [6.45, 7) is 2.93. The van der Waals surface area contributed by atoms with E-state index in [0.717, 1.165) is 48.2 Å². The first-order valence-electron chi connectivity index (χ1n) is 9.38. The van der Waals surface area contributed by atoms with Gasteiger partial charge < -0.3 is 14.7 Å². The molecule has 0 radical (unpaired) electrons. The second-order valence-corrected chi connectivity index (χ2v) is 7.03. The van der Waals surface area contributed by atoms with Crippen LogP contribution in [0.2, 0.25) is 0 Å². The van der Waals surface area contributed by atoms with E-state index in [1.807, 2.05) is 16.9 Å². The molecule has 2 aromatic heterocycles. The Balaban J connectivity index is 1.74. The summed E-state index contributed by atoms with van der Waals surface area (Å²) in [5, 5.41) is 23.5. The molecule has 2 N–H and O–H groups in total. The molecule has 1 atom stereocenters. The fourth-order valence-electron chi connectivity index (χ4n) is 3.86. The van der Waals surface area contributed by atoms with Crippen LogP contribution in [0.1, 0.15) is 30.3 Å². The zero-order valence-corrected chi connectivity index (χ0v) is 15.5. The number of aliphatic hydroxyl groups is 1. The van der Waals surface area contributed by atoms with E-state index in [1.165, 1.54) is 4.90 Å². The molecule has 4 rings (SSSR count). The Hall–Kier alpha value is -2.42. The summed E-state index contributed by atoms with van der Waals surface area (Å²) in [6.07, 6.45) is 3.18. The van der Waals surface area contributed by atoms with E-state index in [9.17, 15) is 5.11 Å². The summed E-state index contributed by atoms with van der Waals surface area (Å²) in [5.41, 5.74) is 2.14. The number of hydrogen-bond acceptors (Lipinski definition) is 6. The Bertz CT molecular complexity index is 891. The number of piperidine rings is 1. The third kappa shape index (κ3) is 3.83. The molecule has 0 amide bonds. The van der Waals surface area contributed by atoms with Gasteiger partial charge in [0.25, 0.3) is 0 Å². The molecule has 1 aliphatic rings. The first-order chi connectivity index (χ1) is 13.3. The maximum Gasteiger partial charge on any atom is 0.214 e. The van der Waals surface area contributed by atoms with Crippen molar-refractivity contribution < 1.29 is 14.7 Å². The molecule has 3 heterocycles. The molecule has 8 nitrogen and oxygen atoms in total. The molecule has 142 valence electrons. The van der Waals surface area contributed by atoms with Crippen LogP contribution in [0.15, 0.2) is 36.5 Å². The largest absolute Gasteiger partial charge is 0.393 e. The zero-order valence-electron chi connectivity index (χ0n) is 15.5. The van der Waals surface area contributed by atoms with Crippen molar-refractivity contribution in [2.24, 2.45) is 0 Å². The summed E-state index contributed by atoms with van der Waals surface area (Å²) < 4.78 is 7.04. The number of nitrogens with zero attached hydrogens (tertiary/aromatic N) is 5. The van der Waals surface area contributed by atoms with Crippen molar-refractivity contribution in [3.05, 3.63) is 47.9 Å². The minimum atomic E-state index is -0.209. The Morgan fingerprint density at radius 1 is 1.30 bits per heavy atom. The first kappa shape index (κ1) is 18.0. The van der Waals surface area contributed by atoms with E-state index in [0.29, 0.717) is 13.2 Å². The van der Waals surface area contributed by atoms with Gasteiger partial charge in [0.1, 0.15) is 0 Å². The van der Waals surface area contributed by atoms with Gasteiger partial charge in [-0.3, -0.25) is 4.98 Å². The van der Waals surface area contributed by atoms with Crippen LogP contribution in [0.3, 0.4) is 0 Å².